The average molecular weight is 308 g/mol. The van der Waals surface area contributed by atoms with E-state index in [1.54, 1.807) is 6.92 Å². The largest absolute Gasteiger partial charge is 0.464 e. The Kier molecular flexibility index (Phi) is 4.77. The molecule has 0 spiro atoms. The van der Waals surface area contributed by atoms with Crippen molar-refractivity contribution in [3.63, 3.8) is 0 Å². The lowest BCUT2D eigenvalue weighted by atomic mass is 10.2. The molecule has 21 heavy (non-hydrogen) atoms. The first-order chi connectivity index (χ1) is 9.97. The molecule has 0 aliphatic rings. The van der Waals surface area contributed by atoms with Gasteiger partial charge in [0.15, 0.2) is 0 Å². The Morgan fingerprint density at radius 2 is 2.19 bits per heavy atom. The summed E-state index contributed by atoms with van der Waals surface area (Å²) in [6.07, 6.45) is 3.22. The van der Waals surface area contributed by atoms with Gasteiger partial charge in [0.1, 0.15) is 10.9 Å². The van der Waals surface area contributed by atoms with Crippen molar-refractivity contribution in [1.29, 1.82) is 0 Å². The smallest absolute Gasteiger partial charge is 0.328 e. The lowest BCUT2D eigenvalue weighted by Gasteiger charge is -2.13. The third kappa shape index (κ3) is 3.00. The van der Waals surface area contributed by atoms with Gasteiger partial charge in [0.25, 0.3) is 5.56 Å². The number of carbonyl (C=O) groups excluding carboxylic acids is 1. The van der Waals surface area contributed by atoms with Crippen LogP contribution in [0.4, 0.5) is 0 Å². The number of aromatic nitrogens is 2. The van der Waals surface area contributed by atoms with Crippen molar-refractivity contribution in [3.05, 3.63) is 27.1 Å². The van der Waals surface area contributed by atoms with Crippen molar-refractivity contribution in [2.24, 2.45) is 0 Å². The maximum absolute atomic E-state index is 12.6. The second-order valence-corrected chi connectivity index (χ2v) is 6.32. The molecule has 2 heterocycles. The Morgan fingerprint density at radius 3 is 2.86 bits per heavy atom. The van der Waals surface area contributed by atoms with E-state index in [0.29, 0.717) is 12.0 Å². The number of hydrogen-bond donors (Lipinski definition) is 0. The molecule has 0 saturated carbocycles. The molecule has 0 aromatic carbocycles. The molecule has 0 unspecified atom stereocenters. The van der Waals surface area contributed by atoms with Crippen LogP contribution in [0.2, 0.25) is 0 Å². The van der Waals surface area contributed by atoms with E-state index in [0.717, 1.165) is 28.1 Å². The van der Waals surface area contributed by atoms with Crippen LogP contribution in [-0.4, -0.2) is 22.1 Å². The number of aryl methyl sites for hydroxylation is 2. The van der Waals surface area contributed by atoms with Crippen molar-refractivity contribution in [1.82, 2.24) is 9.55 Å². The van der Waals surface area contributed by atoms with Crippen molar-refractivity contribution < 1.29 is 9.53 Å². The SMILES string of the molecule is CCCCOC(=O)[C@@H](C)n1cnc2sc(C)c(C)c2c1=O. The van der Waals surface area contributed by atoms with E-state index in [1.165, 1.54) is 22.2 Å². The van der Waals surface area contributed by atoms with Crippen LogP contribution in [-0.2, 0) is 9.53 Å². The summed E-state index contributed by atoms with van der Waals surface area (Å²) in [6, 6.07) is -0.661. The van der Waals surface area contributed by atoms with Gasteiger partial charge in [-0.3, -0.25) is 9.36 Å². The summed E-state index contributed by atoms with van der Waals surface area (Å²) in [6.45, 7) is 7.96. The molecule has 0 aliphatic heterocycles. The lowest BCUT2D eigenvalue weighted by Crippen LogP contribution is -2.29. The fraction of sp³-hybridized carbons (Fsp3) is 0.533. The Morgan fingerprint density at radius 1 is 1.48 bits per heavy atom. The molecule has 0 bridgehead atoms. The van der Waals surface area contributed by atoms with Gasteiger partial charge in [-0.1, -0.05) is 13.3 Å². The van der Waals surface area contributed by atoms with Crippen LogP contribution in [0.5, 0.6) is 0 Å². The Bertz CT molecular complexity index is 718. The van der Waals surface area contributed by atoms with Crippen molar-refractivity contribution in [3.8, 4) is 0 Å². The first kappa shape index (κ1) is 15.7. The molecule has 0 amide bonds. The summed E-state index contributed by atoms with van der Waals surface area (Å²) < 4.78 is 6.53. The van der Waals surface area contributed by atoms with E-state index in [1.807, 2.05) is 20.8 Å². The van der Waals surface area contributed by atoms with Crippen LogP contribution < -0.4 is 5.56 Å². The predicted octanol–water partition coefficient (Wildman–Crippen LogP) is 2.98. The number of rotatable bonds is 5. The van der Waals surface area contributed by atoms with E-state index >= 15 is 0 Å². The highest BCUT2D eigenvalue weighted by molar-refractivity contribution is 7.18. The number of carbonyl (C=O) groups is 1. The van der Waals surface area contributed by atoms with Crippen LogP contribution in [0.3, 0.4) is 0 Å². The molecule has 5 nitrogen and oxygen atoms in total. The van der Waals surface area contributed by atoms with E-state index in [9.17, 15) is 9.59 Å². The summed E-state index contributed by atoms with van der Waals surface area (Å²) in [4.78, 5) is 30.6. The van der Waals surface area contributed by atoms with E-state index in [4.69, 9.17) is 4.74 Å². The molecule has 2 aromatic heterocycles. The Labute approximate surface area is 127 Å². The third-order valence-electron chi connectivity index (χ3n) is 3.62. The number of hydrogen-bond acceptors (Lipinski definition) is 5. The van der Waals surface area contributed by atoms with Crippen LogP contribution in [0.25, 0.3) is 10.2 Å². The number of fused-ring (bicyclic) bond motifs is 1. The Hall–Kier alpha value is -1.69. The van der Waals surface area contributed by atoms with E-state index in [2.05, 4.69) is 4.98 Å². The zero-order valence-corrected chi connectivity index (χ0v) is 13.6. The van der Waals surface area contributed by atoms with Gasteiger partial charge in [0.2, 0.25) is 0 Å². The number of esters is 1. The highest BCUT2D eigenvalue weighted by atomic mass is 32.1. The minimum atomic E-state index is -0.661. The molecule has 1 atom stereocenters. The summed E-state index contributed by atoms with van der Waals surface area (Å²) in [5.41, 5.74) is 0.759. The van der Waals surface area contributed by atoms with Crippen molar-refractivity contribution in [2.45, 2.75) is 46.6 Å². The first-order valence-electron chi connectivity index (χ1n) is 7.10. The summed E-state index contributed by atoms with van der Waals surface area (Å²) in [5, 5.41) is 0.605. The molecule has 0 N–H and O–H groups in total. The maximum atomic E-state index is 12.6. The van der Waals surface area contributed by atoms with Gasteiger partial charge in [-0.25, -0.2) is 9.78 Å². The van der Waals surface area contributed by atoms with Gasteiger partial charge < -0.3 is 4.74 Å². The fourth-order valence-corrected chi connectivity index (χ4v) is 3.06. The normalized spacial score (nSPS) is 12.6. The molecule has 114 valence electrons. The highest BCUT2D eigenvalue weighted by Crippen LogP contribution is 2.25. The monoisotopic (exact) mass is 308 g/mol. The zero-order valence-electron chi connectivity index (χ0n) is 12.8. The molecular formula is C15H20N2O3S. The van der Waals surface area contributed by atoms with Gasteiger partial charge in [-0.05, 0) is 32.8 Å². The van der Waals surface area contributed by atoms with Crippen LogP contribution in [0.1, 0.15) is 43.2 Å². The minimum absolute atomic E-state index is 0.179. The van der Waals surface area contributed by atoms with Crippen LogP contribution in [0.15, 0.2) is 11.1 Å². The van der Waals surface area contributed by atoms with Crippen molar-refractivity contribution >= 4 is 27.5 Å². The number of thiophene rings is 1. The van der Waals surface area contributed by atoms with Gasteiger partial charge in [0.05, 0.1) is 18.3 Å². The first-order valence-corrected chi connectivity index (χ1v) is 7.92. The molecule has 2 aromatic rings. The quantitative estimate of drug-likeness (QED) is 0.629. The molecule has 0 radical (unpaired) electrons. The fourth-order valence-electron chi connectivity index (χ4n) is 2.08. The minimum Gasteiger partial charge on any atom is -0.464 e. The summed E-state index contributed by atoms with van der Waals surface area (Å²) >= 11 is 1.50. The van der Waals surface area contributed by atoms with Crippen LogP contribution >= 0.6 is 11.3 Å². The lowest BCUT2D eigenvalue weighted by molar-refractivity contribution is -0.147. The second-order valence-electron chi connectivity index (χ2n) is 5.12. The van der Waals surface area contributed by atoms with E-state index in [-0.39, 0.29) is 5.56 Å². The van der Waals surface area contributed by atoms with Gasteiger partial charge in [-0.15, -0.1) is 11.3 Å². The third-order valence-corrected chi connectivity index (χ3v) is 4.73. The molecular weight excluding hydrogens is 288 g/mol. The molecule has 0 aliphatic carbocycles. The number of nitrogens with zero attached hydrogens (tertiary/aromatic N) is 2. The molecule has 0 saturated heterocycles. The zero-order chi connectivity index (χ0) is 15.6. The summed E-state index contributed by atoms with van der Waals surface area (Å²) in [5.74, 6) is -0.392. The van der Waals surface area contributed by atoms with Gasteiger partial charge in [0, 0.05) is 4.88 Å². The van der Waals surface area contributed by atoms with Gasteiger partial charge >= 0.3 is 5.97 Å². The number of unbranched alkanes of at least 4 members (excludes halogenated alkanes) is 1. The standard InChI is InChI=1S/C15H20N2O3S/c1-5-6-7-20-15(19)10(3)17-8-16-13-12(14(17)18)9(2)11(4)21-13/h8,10H,5-7H2,1-4H3/t10-/m1/s1. The van der Waals surface area contributed by atoms with E-state index < -0.39 is 12.0 Å². The summed E-state index contributed by atoms with van der Waals surface area (Å²) in [7, 11) is 0. The number of ether oxygens (including phenoxy) is 1. The van der Waals surface area contributed by atoms with Gasteiger partial charge in [-0.2, -0.15) is 0 Å². The highest BCUT2D eigenvalue weighted by Gasteiger charge is 2.20. The maximum Gasteiger partial charge on any atom is 0.328 e. The molecule has 0 fully saturated rings. The Balaban J connectivity index is 2.34. The van der Waals surface area contributed by atoms with Crippen LogP contribution in [0, 0.1) is 13.8 Å². The van der Waals surface area contributed by atoms with Crippen molar-refractivity contribution in [2.75, 3.05) is 6.61 Å². The molecule has 6 heteroatoms. The topological polar surface area (TPSA) is 61.2 Å². The average Bonchev–Trinajstić information content (AvgIpc) is 2.75. The molecule has 2 rings (SSSR count). The predicted molar refractivity (Wildman–Crippen MR) is 83.9 cm³/mol. The second kappa shape index (κ2) is 6.39.